The average Bonchev–Trinajstić information content (AvgIpc) is 3.02. The summed E-state index contributed by atoms with van der Waals surface area (Å²) in [5.74, 6) is 0.607. The van der Waals surface area contributed by atoms with E-state index in [1.165, 1.54) is 0 Å². The zero-order chi connectivity index (χ0) is 29.3. The van der Waals surface area contributed by atoms with E-state index < -0.39 is 6.29 Å². The van der Waals surface area contributed by atoms with Crippen molar-refractivity contribution in [1.29, 1.82) is 0 Å². The lowest BCUT2D eigenvalue weighted by Gasteiger charge is -2.47. The number of hydrogen-bond acceptors (Lipinski definition) is 6. The zero-order valence-electron chi connectivity index (χ0n) is 25.3. The summed E-state index contributed by atoms with van der Waals surface area (Å²) in [5, 5.41) is 0. The van der Waals surface area contributed by atoms with Gasteiger partial charge in [-0.15, -0.1) is 0 Å². The second-order valence-corrected chi connectivity index (χ2v) is 11.9. The van der Waals surface area contributed by atoms with Gasteiger partial charge < -0.3 is 28.4 Å². The minimum Gasteiger partial charge on any atom is -0.374 e. The van der Waals surface area contributed by atoms with Crippen molar-refractivity contribution in [3.63, 3.8) is 0 Å². The van der Waals surface area contributed by atoms with E-state index in [0.717, 1.165) is 23.1 Å². The highest BCUT2D eigenvalue weighted by atomic mass is 16.7. The number of benzene rings is 3. The van der Waals surface area contributed by atoms with Gasteiger partial charge in [-0.05, 0) is 41.9 Å². The van der Waals surface area contributed by atoms with E-state index in [2.05, 4.69) is 64.1 Å². The highest BCUT2D eigenvalue weighted by Gasteiger charge is 2.46. The fourth-order valence-corrected chi connectivity index (χ4v) is 5.72. The summed E-state index contributed by atoms with van der Waals surface area (Å²) in [6.07, 6.45) is -0.693. The van der Waals surface area contributed by atoms with E-state index in [0.29, 0.717) is 32.3 Å². The maximum Gasteiger partial charge on any atom is 0.184 e. The van der Waals surface area contributed by atoms with Crippen LogP contribution in [0.2, 0.25) is 0 Å². The Morgan fingerprint density at radius 1 is 0.619 bits per heavy atom. The molecule has 0 amide bonds. The summed E-state index contributed by atoms with van der Waals surface area (Å²) in [6.45, 7) is 10.6. The molecule has 5 rings (SSSR count). The van der Waals surface area contributed by atoms with Gasteiger partial charge in [0.15, 0.2) is 12.6 Å². The van der Waals surface area contributed by atoms with Crippen LogP contribution in [0.15, 0.2) is 91.0 Å². The van der Waals surface area contributed by atoms with Crippen LogP contribution < -0.4 is 0 Å². The summed E-state index contributed by atoms with van der Waals surface area (Å²) in [4.78, 5) is 0. The Morgan fingerprint density at radius 2 is 1.17 bits per heavy atom. The topological polar surface area (TPSA) is 55.4 Å². The van der Waals surface area contributed by atoms with E-state index >= 15 is 0 Å². The third kappa shape index (κ3) is 8.28. The molecule has 6 heteroatoms. The van der Waals surface area contributed by atoms with Crippen molar-refractivity contribution < 1.29 is 28.4 Å². The third-order valence-electron chi connectivity index (χ3n) is 8.76. The van der Waals surface area contributed by atoms with Crippen LogP contribution in [-0.2, 0) is 48.2 Å². The Balaban J connectivity index is 1.29. The van der Waals surface area contributed by atoms with Crippen molar-refractivity contribution in [3.05, 3.63) is 108 Å². The summed E-state index contributed by atoms with van der Waals surface area (Å²) >= 11 is 0. The van der Waals surface area contributed by atoms with Gasteiger partial charge in [-0.1, -0.05) is 112 Å². The van der Waals surface area contributed by atoms with E-state index in [9.17, 15) is 0 Å². The zero-order valence-corrected chi connectivity index (χ0v) is 25.3. The van der Waals surface area contributed by atoms with E-state index in [-0.39, 0.29) is 42.5 Å². The lowest BCUT2D eigenvalue weighted by atomic mass is 9.84. The molecule has 3 aromatic carbocycles. The summed E-state index contributed by atoms with van der Waals surface area (Å²) < 4.78 is 38.9. The van der Waals surface area contributed by atoms with Crippen LogP contribution in [0.1, 0.15) is 50.8 Å². The first-order chi connectivity index (χ1) is 20.5. The predicted octanol–water partition coefficient (Wildman–Crippen LogP) is 7.16. The minimum absolute atomic E-state index is 0.0681. The summed E-state index contributed by atoms with van der Waals surface area (Å²) in [6, 6.07) is 30.7. The maximum absolute atomic E-state index is 6.85. The second kappa shape index (κ2) is 15.2. The van der Waals surface area contributed by atoms with Gasteiger partial charge in [0.25, 0.3) is 0 Å². The first-order valence-corrected chi connectivity index (χ1v) is 15.4. The standard InChI is InChI=1S/C36H46O6/c1-25-20-32(38-22-30-16-10-6-11-17-30)36(40-28(25)4)42-34-26(2)27(3)35(39-23-31-18-12-7-13-19-31)41-33(34)24-37-21-29-14-8-5-9-15-29/h5-19,25-28,32-36H,20-24H2,1-4H3/t25-,26+,27?,28?,32?,33?,34-,35+,36-/m0/s1. The molecule has 2 heterocycles. The van der Waals surface area contributed by atoms with E-state index in [1.54, 1.807) is 0 Å². The number of ether oxygens (including phenoxy) is 6. The Bertz CT molecular complexity index is 1180. The maximum atomic E-state index is 6.85. The monoisotopic (exact) mass is 574 g/mol. The van der Waals surface area contributed by atoms with Gasteiger partial charge in [0.2, 0.25) is 0 Å². The molecule has 3 aromatic rings. The molecule has 2 fully saturated rings. The Morgan fingerprint density at radius 3 is 1.76 bits per heavy atom. The van der Waals surface area contributed by atoms with Crippen LogP contribution >= 0.6 is 0 Å². The Labute approximate surface area is 251 Å². The normalized spacial score (nSPS) is 31.6. The highest BCUT2D eigenvalue weighted by molar-refractivity contribution is 5.15. The molecular weight excluding hydrogens is 528 g/mol. The van der Waals surface area contributed by atoms with Gasteiger partial charge in [0.1, 0.15) is 12.2 Å². The third-order valence-corrected chi connectivity index (χ3v) is 8.76. The molecule has 0 saturated carbocycles. The molecule has 0 bridgehead atoms. The van der Waals surface area contributed by atoms with Crippen LogP contribution in [0.5, 0.6) is 0 Å². The number of hydrogen-bond donors (Lipinski definition) is 0. The predicted molar refractivity (Wildman–Crippen MR) is 162 cm³/mol. The van der Waals surface area contributed by atoms with E-state index in [4.69, 9.17) is 28.4 Å². The molecular formula is C36H46O6. The quantitative estimate of drug-likeness (QED) is 0.229. The van der Waals surface area contributed by atoms with Gasteiger partial charge in [-0.3, -0.25) is 0 Å². The molecule has 226 valence electrons. The summed E-state index contributed by atoms with van der Waals surface area (Å²) in [7, 11) is 0. The van der Waals surface area contributed by atoms with Crippen molar-refractivity contribution in [3.8, 4) is 0 Å². The van der Waals surface area contributed by atoms with Gasteiger partial charge in [0, 0.05) is 5.92 Å². The van der Waals surface area contributed by atoms with Gasteiger partial charge >= 0.3 is 0 Å². The molecule has 0 N–H and O–H groups in total. The van der Waals surface area contributed by atoms with Crippen molar-refractivity contribution in [2.75, 3.05) is 6.61 Å². The molecule has 0 spiro atoms. The van der Waals surface area contributed by atoms with Gasteiger partial charge in [0.05, 0.1) is 38.6 Å². The molecule has 0 aromatic heterocycles. The largest absolute Gasteiger partial charge is 0.374 e. The molecule has 9 atom stereocenters. The van der Waals surface area contributed by atoms with Crippen LogP contribution in [-0.4, -0.2) is 43.6 Å². The minimum atomic E-state index is -0.499. The van der Waals surface area contributed by atoms with Crippen molar-refractivity contribution in [2.45, 2.75) is 90.9 Å². The smallest absolute Gasteiger partial charge is 0.184 e. The van der Waals surface area contributed by atoms with Crippen molar-refractivity contribution in [2.24, 2.45) is 17.8 Å². The molecule has 42 heavy (non-hydrogen) atoms. The van der Waals surface area contributed by atoms with E-state index in [1.807, 2.05) is 54.6 Å². The molecule has 0 radical (unpaired) electrons. The van der Waals surface area contributed by atoms with Crippen LogP contribution in [0.3, 0.4) is 0 Å². The second-order valence-electron chi connectivity index (χ2n) is 11.9. The highest BCUT2D eigenvalue weighted by Crippen LogP contribution is 2.37. The molecule has 2 aliphatic heterocycles. The van der Waals surface area contributed by atoms with Crippen molar-refractivity contribution in [1.82, 2.24) is 0 Å². The molecule has 4 unspecified atom stereocenters. The molecule has 2 saturated heterocycles. The van der Waals surface area contributed by atoms with Crippen LogP contribution in [0, 0.1) is 17.8 Å². The summed E-state index contributed by atoms with van der Waals surface area (Å²) in [5.41, 5.74) is 3.38. The first-order valence-electron chi connectivity index (χ1n) is 15.4. The molecule has 0 aliphatic carbocycles. The van der Waals surface area contributed by atoms with Crippen LogP contribution in [0.25, 0.3) is 0 Å². The van der Waals surface area contributed by atoms with Crippen molar-refractivity contribution >= 4 is 0 Å². The Kier molecular flexibility index (Phi) is 11.2. The average molecular weight is 575 g/mol. The molecule has 2 aliphatic rings. The molecule has 6 nitrogen and oxygen atoms in total. The fourth-order valence-electron chi connectivity index (χ4n) is 5.72. The Hall–Kier alpha value is -2.58. The first kappa shape index (κ1) is 30.9. The number of rotatable bonds is 12. The lowest BCUT2D eigenvalue weighted by molar-refractivity contribution is -0.333. The lowest BCUT2D eigenvalue weighted by Crippen LogP contribution is -2.56. The van der Waals surface area contributed by atoms with Crippen LogP contribution in [0.4, 0.5) is 0 Å². The van der Waals surface area contributed by atoms with Gasteiger partial charge in [-0.2, -0.15) is 0 Å². The van der Waals surface area contributed by atoms with Gasteiger partial charge in [-0.25, -0.2) is 0 Å². The SMILES string of the molecule is CC1[C@H](OCc2ccccc2)OC(COCc2ccccc2)[C@@H](O[C@@H]2OC(C)[C@@H](C)CC2OCc2ccccc2)[C@@H]1C. The fraction of sp³-hybridized carbons (Fsp3) is 0.500.